The molecule has 6 heteroatoms. The first-order valence-electron chi connectivity index (χ1n) is 9.20. The van der Waals surface area contributed by atoms with Crippen molar-refractivity contribution in [3.63, 3.8) is 0 Å². The van der Waals surface area contributed by atoms with E-state index in [1.165, 1.54) is 5.56 Å². The second kappa shape index (κ2) is 9.17. The second-order valence-corrected chi connectivity index (χ2v) is 6.29. The summed E-state index contributed by atoms with van der Waals surface area (Å²) in [6.45, 7) is 2.73. The summed E-state index contributed by atoms with van der Waals surface area (Å²) in [6.07, 6.45) is 9.50. The van der Waals surface area contributed by atoms with E-state index in [9.17, 15) is 4.79 Å². The Bertz CT molecular complexity index is 741. The highest BCUT2D eigenvalue weighted by molar-refractivity contribution is 6.05. The Kier molecular flexibility index (Phi) is 6.41. The molecule has 1 unspecified atom stereocenters. The monoisotopic (exact) mass is 355 g/mol. The van der Waals surface area contributed by atoms with Gasteiger partial charge in [-0.25, -0.2) is 4.98 Å². The predicted octanol–water partition coefficient (Wildman–Crippen LogP) is 3.52. The Morgan fingerprint density at radius 2 is 2.23 bits per heavy atom. The van der Waals surface area contributed by atoms with Crippen molar-refractivity contribution in [2.75, 3.05) is 13.2 Å². The molecular formula is C20H25N3O3. The van der Waals surface area contributed by atoms with Gasteiger partial charge >= 0.3 is 5.97 Å². The average Bonchev–Trinajstić information content (AvgIpc) is 3.19. The Balaban J connectivity index is 1.62. The molecule has 0 aliphatic heterocycles. The SMILES string of the molecule is CCOC(=O)CCCCO/N=C1\c2ccccc2CCC1n1ccnc1. The number of esters is 1. The number of aromatic nitrogens is 2. The first-order chi connectivity index (χ1) is 12.8. The third kappa shape index (κ3) is 4.50. The number of nitrogens with zero attached hydrogens (tertiary/aromatic N) is 3. The molecule has 3 rings (SSSR count). The fourth-order valence-electron chi connectivity index (χ4n) is 3.24. The molecule has 1 aromatic carbocycles. The van der Waals surface area contributed by atoms with Gasteiger partial charge in [0, 0.05) is 24.4 Å². The number of fused-ring (bicyclic) bond motifs is 1. The molecule has 1 aromatic heterocycles. The summed E-state index contributed by atoms with van der Waals surface area (Å²) in [4.78, 5) is 21.1. The van der Waals surface area contributed by atoms with Gasteiger partial charge < -0.3 is 14.1 Å². The number of hydrogen-bond donors (Lipinski definition) is 0. The van der Waals surface area contributed by atoms with Crippen molar-refractivity contribution >= 4 is 11.7 Å². The van der Waals surface area contributed by atoms with Crippen molar-refractivity contribution in [2.45, 2.75) is 45.1 Å². The van der Waals surface area contributed by atoms with Crippen LogP contribution in [0.5, 0.6) is 0 Å². The van der Waals surface area contributed by atoms with Crippen molar-refractivity contribution < 1.29 is 14.4 Å². The van der Waals surface area contributed by atoms with Crippen LogP contribution in [0.15, 0.2) is 48.1 Å². The number of unbranched alkanes of at least 4 members (excludes halogenated alkanes) is 1. The molecule has 6 nitrogen and oxygen atoms in total. The Morgan fingerprint density at radius 1 is 1.35 bits per heavy atom. The number of hydrogen-bond acceptors (Lipinski definition) is 5. The quantitative estimate of drug-likeness (QED) is 0.413. The second-order valence-electron chi connectivity index (χ2n) is 6.29. The van der Waals surface area contributed by atoms with Crippen LogP contribution in [-0.2, 0) is 20.8 Å². The summed E-state index contributed by atoms with van der Waals surface area (Å²) in [5, 5.41) is 4.47. The first-order valence-corrected chi connectivity index (χ1v) is 9.20. The van der Waals surface area contributed by atoms with Crippen LogP contribution in [0.2, 0.25) is 0 Å². The number of carbonyl (C=O) groups excluding carboxylic acids is 1. The van der Waals surface area contributed by atoms with Crippen molar-refractivity contribution in [2.24, 2.45) is 5.16 Å². The molecular weight excluding hydrogens is 330 g/mol. The summed E-state index contributed by atoms with van der Waals surface area (Å²) in [5.74, 6) is -0.153. The summed E-state index contributed by atoms with van der Waals surface area (Å²) in [6, 6.07) is 8.47. The van der Waals surface area contributed by atoms with Crippen LogP contribution >= 0.6 is 0 Å². The van der Waals surface area contributed by atoms with E-state index in [1.54, 1.807) is 6.20 Å². The molecule has 1 aliphatic carbocycles. The van der Waals surface area contributed by atoms with Gasteiger partial charge in [0.1, 0.15) is 12.3 Å². The summed E-state index contributed by atoms with van der Waals surface area (Å²) < 4.78 is 7.00. The molecule has 1 aliphatic rings. The molecule has 0 bridgehead atoms. The van der Waals surface area contributed by atoms with Gasteiger partial charge in [0.05, 0.1) is 19.0 Å². The average molecular weight is 355 g/mol. The minimum atomic E-state index is -0.153. The maximum atomic E-state index is 11.3. The third-order valence-electron chi connectivity index (χ3n) is 4.52. The Hall–Kier alpha value is -2.63. The number of imidazole rings is 1. The van der Waals surface area contributed by atoms with Crippen molar-refractivity contribution in [3.05, 3.63) is 54.1 Å². The zero-order valence-corrected chi connectivity index (χ0v) is 15.1. The van der Waals surface area contributed by atoms with Gasteiger partial charge in [0.2, 0.25) is 0 Å². The highest BCUT2D eigenvalue weighted by Gasteiger charge is 2.27. The molecule has 0 N–H and O–H groups in total. The molecule has 26 heavy (non-hydrogen) atoms. The lowest BCUT2D eigenvalue weighted by molar-refractivity contribution is -0.143. The number of benzene rings is 1. The van der Waals surface area contributed by atoms with Gasteiger partial charge in [-0.1, -0.05) is 29.4 Å². The Morgan fingerprint density at radius 3 is 3.04 bits per heavy atom. The fourth-order valence-corrected chi connectivity index (χ4v) is 3.24. The van der Waals surface area contributed by atoms with Gasteiger partial charge in [0.25, 0.3) is 0 Å². The van der Waals surface area contributed by atoms with Crippen molar-refractivity contribution in [1.29, 1.82) is 0 Å². The fraction of sp³-hybridized carbons (Fsp3) is 0.450. The van der Waals surface area contributed by atoms with Crippen molar-refractivity contribution in [1.82, 2.24) is 9.55 Å². The zero-order chi connectivity index (χ0) is 18.2. The van der Waals surface area contributed by atoms with Gasteiger partial charge in [-0.2, -0.15) is 0 Å². The van der Waals surface area contributed by atoms with E-state index in [0.717, 1.165) is 37.0 Å². The van der Waals surface area contributed by atoms with E-state index >= 15 is 0 Å². The lowest BCUT2D eigenvalue weighted by Crippen LogP contribution is -2.26. The minimum absolute atomic E-state index is 0.131. The molecule has 2 aromatic rings. The van der Waals surface area contributed by atoms with Gasteiger partial charge in [-0.05, 0) is 38.2 Å². The van der Waals surface area contributed by atoms with E-state index in [0.29, 0.717) is 19.6 Å². The van der Waals surface area contributed by atoms with Crippen LogP contribution in [0, 0.1) is 0 Å². The van der Waals surface area contributed by atoms with Crippen LogP contribution in [0.4, 0.5) is 0 Å². The molecule has 0 saturated carbocycles. The van der Waals surface area contributed by atoms with Crippen LogP contribution < -0.4 is 0 Å². The van der Waals surface area contributed by atoms with E-state index < -0.39 is 0 Å². The van der Waals surface area contributed by atoms with E-state index in [1.807, 2.05) is 25.5 Å². The molecule has 0 radical (unpaired) electrons. The topological polar surface area (TPSA) is 65.7 Å². The molecule has 138 valence electrons. The first kappa shape index (κ1) is 18.2. The van der Waals surface area contributed by atoms with E-state index in [4.69, 9.17) is 9.57 Å². The standard InChI is InChI=1S/C20H25N3O3/c1-2-25-19(24)9-5-6-14-26-22-20-17-8-4-3-7-16(17)10-11-18(20)23-13-12-21-15-23/h3-4,7-8,12-13,15,18H,2,5-6,9-11,14H2,1H3/b22-20+. The van der Waals surface area contributed by atoms with Crippen molar-refractivity contribution in [3.8, 4) is 0 Å². The summed E-state index contributed by atoms with van der Waals surface area (Å²) in [5.41, 5.74) is 3.38. The number of rotatable bonds is 8. The normalized spacial score (nSPS) is 17.7. The summed E-state index contributed by atoms with van der Waals surface area (Å²) in [7, 11) is 0. The predicted molar refractivity (Wildman–Crippen MR) is 99.0 cm³/mol. The maximum absolute atomic E-state index is 11.3. The van der Waals surface area contributed by atoms with Crippen LogP contribution in [0.3, 0.4) is 0 Å². The lowest BCUT2D eigenvalue weighted by atomic mass is 9.86. The van der Waals surface area contributed by atoms with E-state index in [-0.39, 0.29) is 12.0 Å². The maximum Gasteiger partial charge on any atom is 0.305 e. The molecule has 0 amide bonds. The minimum Gasteiger partial charge on any atom is -0.466 e. The largest absolute Gasteiger partial charge is 0.466 e. The highest BCUT2D eigenvalue weighted by atomic mass is 16.6. The molecule has 0 spiro atoms. The summed E-state index contributed by atoms with van der Waals surface area (Å²) >= 11 is 0. The van der Waals surface area contributed by atoms with Crippen LogP contribution in [0.1, 0.15) is 49.8 Å². The number of oxime groups is 1. The molecule has 0 saturated heterocycles. The van der Waals surface area contributed by atoms with Gasteiger partial charge in [0.15, 0.2) is 0 Å². The van der Waals surface area contributed by atoms with Crippen LogP contribution in [-0.4, -0.2) is 34.4 Å². The van der Waals surface area contributed by atoms with Gasteiger partial charge in [-0.15, -0.1) is 0 Å². The molecule has 1 atom stereocenters. The zero-order valence-electron chi connectivity index (χ0n) is 15.1. The molecule has 1 heterocycles. The molecule has 0 fully saturated rings. The lowest BCUT2D eigenvalue weighted by Gasteiger charge is -2.27. The van der Waals surface area contributed by atoms with Crippen LogP contribution in [0.25, 0.3) is 0 Å². The Labute approximate surface area is 153 Å². The van der Waals surface area contributed by atoms with E-state index in [2.05, 4.69) is 32.9 Å². The smallest absolute Gasteiger partial charge is 0.305 e. The van der Waals surface area contributed by atoms with Gasteiger partial charge in [-0.3, -0.25) is 4.79 Å². The third-order valence-corrected chi connectivity index (χ3v) is 4.52. The highest BCUT2D eigenvalue weighted by Crippen LogP contribution is 2.29. The number of aryl methyl sites for hydroxylation is 1. The number of ether oxygens (including phenoxy) is 1. The number of carbonyl (C=O) groups is 1.